The Bertz CT molecular complexity index is 398. The Hall–Kier alpha value is -0.520. The molecule has 2 saturated carbocycles. The molecule has 0 bridgehead atoms. The molecule has 0 aromatic rings. The van der Waals surface area contributed by atoms with Crippen molar-refractivity contribution in [2.75, 3.05) is 0 Å². The third-order valence-electron chi connectivity index (χ3n) is 4.52. The van der Waals surface area contributed by atoms with E-state index in [0.717, 1.165) is 0 Å². The van der Waals surface area contributed by atoms with E-state index in [9.17, 15) is 0 Å². The molecular formula is C20H22. The van der Waals surface area contributed by atoms with Crippen LogP contribution >= 0.6 is 0 Å². The molecule has 0 amide bonds. The highest BCUT2D eigenvalue weighted by Gasteiger charge is 2.49. The zero-order valence-corrected chi connectivity index (χ0v) is 12.8. The maximum absolute atomic E-state index is 2.37. The topological polar surface area (TPSA) is 0 Å². The molecule has 0 spiro atoms. The lowest BCUT2D eigenvalue weighted by Crippen LogP contribution is -2.31. The molecule has 3 aliphatic carbocycles. The molecule has 0 nitrogen and oxygen atoms in total. The van der Waals surface area contributed by atoms with Gasteiger partial charge in [-0.15, -0.1) is 0 Å². The van der Waals surface area contributed by atoms with Crippen LogP contribution in [-0.2, 0) is 0 Å². The van der Waals surface area contributed by atoms with Crippen molar-refractivity contribution in [2.24, 2.45) is 11.3 Å². The maximum atomic E-state index is 2.37. The van der Waals surface area contributed by atoms with Crippen LogP contribution in [0.1, 0.15) is 27.7 Å². The van der Waals surface area contributed by atoms with E-state index in [0.29, 0.717) is 5.92 Å². The van der Waals surface area contributed by atoms with Crippen LogP contribution in [0.25, 0.3) is 0 Å². The van der Waals surface area contributed by atoms with Crippen LogP contribution in [0.2, 0.25) is 0 Å². The normalized spacial score (nSPS) is 27.1. The molecule has 102 valence electrons. The molecule has 0 saturated heterocycles. The smallest absolute Gasteiger partial charge is 0.0164 e. The summed E-state index contributed by atoms with van der Waals surface area (Å²) >= 11 is 0. The SMILES string of the molecule is CC(C)[C]1[CH][CH][C](C(C)(C)[C]2[CH][CH][C]3C=CC=C[C]32)[CH]1. The second kappa shape index (κ2) is 5.35. The van der Waals surface area contributed by atoms with E-state index in [2.05, 4.69) is 84.1 Å². The van der Waals surface area contributed by atoms with Crippen LogP contribution < -0.4 is 0 Å². The Labute approximate surface area is 125 Å². The van der Waals surface area contributed by atoms with E-state index < -0.39 is 0 Å². The van der Waals surface area contributed by atoms with Crippen molar-refractivity contribution >= 4 is 0 Å². The Morgan fingerprint density at radius 2 is 1.65 bits per heavy atom. The van der Waals surface area contributed by atoms with Gasteiger partial charge in [0.15, 0.2) is 0 Å². The highest BCUT2D eigenvalue weighted by molar-refractivity contribution is 5.66. The van der Waals surface area contributed by atoms with Gasteiger partial charge in [0.25, 0.3) is 0 Å². The molecule has 0 N–H and O–H groups in total. The summed E-state index contributed by atoms with van der Waals surface area (Å²) in [5.41, 5.74) is 0.0518. The molecule has 0 aliphatic heterocycles. The van der Waals surface area contributed by atoms with Gasteiger partial charge in [-0.1, -0.05) is 52.0 Å². The van der Waals surface area contributed by atoms with Crippen molar-refractivity contribution < 1.29 is 0 Å². The van der Waals surface area contributed by atoms with Crippen LogP contribution in [0, 0.1) is 73.0 Å². The lowest BCUT2D eigenvalue weighted by Gasteiger charge is -2.39. The van der Waals surface area contributed by atoms with Gasteiger partial charge in [0, 0.05) is 11.8 Å². The minimum absolute atomic E-state index is 0.0518. The van der Waals surface area contributed by atoms with Crippen molar-refractivity contribution in [1.82, 2.24) is 0 Å². The summed E-state index contributed by atoms with van der Waals surface area (Å²) in [4.78, 5) is 0. The Morgan fingerprint density at radius 1 is 0.900 bits per heavy atom. The standard InChI is InChI=1S/C20H22/c1-14(2)16-9-11-17(13-16)20(3,4)19-12-10-15-7-5-6-8-18(15)19/h5-14H,1-4H3. The van der Waals surface area contributed by atoms with Gasteiger partial charge in [-0.2, -0.15) is 0 Å². The molecular weight excluding hydrogens is 240 g/mol. The number of hydrogen-bond acceptors (Lipinski definition) is 0. The molecule has 20 heavy (non-hydrogen) atoms. The fraction of sp³-hybridized carbons (Fsp3) is 0.300. The third-order valence-corrected chi connectivity index (χ3v) is 4.52. The summed E-state index contributed by atoms with van der Waals surface area (Å²) in [5.74, 6) is 7.59. The third kappa shape index (κ3) is 2.40. The first-order chi connectivity index (χ1) is 9.50. The number of fused-ring (bicyclic) bond motifs is 1. The van der Waals surface area contributed by atoms with E-state index in [1.54, 1.807) is 0 Å². The molecule has 3 aliphatic rings. The molecule has 10 radical (unpaired) electrons. The van der Waals surface area contributed by atoms with Gasteiger partial charge in [-0.05, 0) is 61.2 Å². The van der Waals surface area contributed by atoms with Gasteiger partial charge in [-0.25, -0.2) is 0 Å². The van der Waals surface area contributed by atoms with Crippen LogP contribution in [-0.4, -0.2) is 0 Å². The molecule has 0 aromatic heterocycles. The van der Waals surface area contributed by atoms with E-state index >= 15 is 0 Å². The van der Waals surface area contributed by atoms with Gasteiger partial charge < -0.3 is 0 Å². The zero-order chi connectivity index (χ0) is 14.3. The van der Waals surface area contributed by atoms with Crippen LogP contribution in [0.5, 0.6) is 0 Å². The van der Waals surface area contributed by atoms with E-state index in [1.165, 1.54) is 29.6 Å². The first kappa shape index (κ1) is 14.4. The van der Waals surface area contributed by atoms with Crippen molar-refractivity contribution in [3.8, 4) is 0 Å². The maximum Gasteiger partial charge on any atom is 0.0164 e. The van der Waals surface area contributed by atoms with Crippen molar-refractivity contribution in [1.29, 1.82) is 0 Å². The summed E-state index contributed by atoms with van der Waals surface area (Å²) in [7, 11) is 0. The van der Waals surface area contributed by atoms with Gasteiger partial charge in [0.05, 0.1) is 0 Å². The number of hydrogen-bond donors (Lipinski definition) is 0. The lowest BCUT2D eigenvalue weighted by molar-refractivity contribution is 0.445. The Balaban J connectivity index is 1.72. The molecule has 0 heteroatoms. The largest absolute Gasteiger partial charge is 0.0762 e. The van der Waals surface area contributed by atoms with Crippen LogP contribution in [0.4, 0.5) is 0 Å². The molecule has 0 heterocycles. The fourth-order valence-electron chi connectivity index (χ4n) is 3.06. The molecule has 3 rings (SSSR count). The van der Waals surface area contributed by atoms with Crippen LogP contribution in [0.3, 0.4) is 0 Å². The monoisotopic (exact) mass is 262 g/mol. The second-order valence-corrected chi connectivity index (χ2v) is 6.55. The van der Waals surface area contributed by atoms with Gasteiger partial charge in [-0.3, -0.25) is 0 Å². The molecule has 0 atom stereocenters. The predicted octanol–water partition coefficient (Wildman–Crippen LogP) is 4.72. The first-order valence-corrected chi connectivity index (χ1v) is 7.42. The molecule has 0 unspecified atom stereocenters. The molecule has 0 aromatic carbocycles. The highest BCUT2D eigenvalue weighted by Crippen LogP contribution is 2.58. The van der Waals surface area contributed by atoms with Crippen molar-refractivity contribution in [2.45, 2.75) is 27.7 Å². The van der Waals surface area contributed by atoms with Crippen molar-refractivity contribution in [3.05, 3.63) is 86.0 Å². The summed E-state index contributed by atoms with van der Waals surface area (Å²) in [5, 5.41) is 0. The van der Waals surface area contributed by atoms with Gasteiger partial charge in [0.1, 0.15) is 0 Å². The van der Waals surface area contributed by atoms with Crippen LogP contribution in [0.15, 0.2) is 24.3 Å². The van der Waals surface area contributed by atoms with Crippen molar-refractivity contribution in [3.63, 3.8) is 0 Å². The number of rotatable bonds is 3. The minimum atomic E-state index is 0.0518. The first-order valence-electron chi connectivity index (χ1n) is 7.42. The summed E-state index contributed by atoms with van der Waals surface area (Å²) in [6.45, 7) is 9.16. The van der Waals surface area contributed by atoms with E-state index in [1.807, 2.05) is 0 Å². The Morgan fingerprint density at radius 3 is 2.35 bits per heavy atom. The summed E-state index contributed by atoms with van der Waals surface area (Å²) < 4.78 is 0. The summed E-state index contributed by atoms with van der Waals surface area (Å²) in [6.07, 6.45) is 20.1. The number of allylic oxidation sites excluding steroid dienone is 4. The minimum Gasteiger partial charge on any atom is -0.0762 e. The Kier molecular flexibility index (Phi) is 3.86. The molecule has 2 fully saturated rings. The lowest BCUT2D eigenvalue weighted by atomic mass is 9.63. The van der Waals surface area contributed by atoms with E-state index in [-0.39, 0.29) is 5.41 Å². The van der Waals surface area contributed by atoms with E-state index in [4.69, 9.17) is 0 Å². The second-order valence-electron chi connectivity index (χ2n) is 6.55. The average Bonchev–Trinajstić information content (AvgIpc) is 3.06. The quantitative estimate of drug-likeness (QED) is 0.690. The van der Waals surface area contributed by atoms with Gasteiger partial charge >= 0.3 is 0 Å². The summed E-state index contributed by atoms with van der Waals surface area (Å²) in [6, 6.07) is 0. The predicted molar refractivity (Wildman–Crippen MR) is 84.6 cm³/mol. The van der Waals surface area contributed by atoms with Gasteiger partial charge in [0.2, 0.25) is 0 Å². The fourth-order valence-corrected chi connectivity index (χ4v) is 3.06. The highest BCUT2D eigenvalue weighted by atomic mass is 14.5. The zero-order valence-electron chi connectivity index (χ0n) is 12.8. The average molecular weight is 262 g/mol.